The Labute approximate surface area is 138 Å². The van der Waals surface area contributed by atoms with E-state index in [2.05, 4.69) is 15.9 Å². The van der Waals surface area contributed by atoms with Crippen molar-refractivity contribution in [2.75, 3.05) is 20.2 Å². The summed E-state index contributed by atoms with van der Waals surface area (Å²) in [6, 6.07) is 2.97. The number of halogens is 2. The molecule has 1 aromatic rings. The highest BCUT2D eigenvalue weighted by molar-refractivity contribution is 9.10. The number of ether oxygens (including phenoxy) is 1. The lowest BCUT2D eigenvalue weighted by Crippen LogP contribution is -2.44. The zero-order valence-corrected chi connectivity index (χ0v) is 14.9. The van der Waals surface area contributed by atoms with E-state index in [4.69, 9.17) is 16.3 Å². The average Bonchev–Trinajstić information content (AvgIpc) is 2.41. The Morgan fingerprint density at radius 1 is 1.48 bits per heavy atom. The van der Waals surface area contributed by atoms with Crippen LogP contribution in [0.3, 0.4) is 0 Å². The van der Waals surface area contributed by atoms with Crippen LogP contribution in [0.25, 0.3) is 0 Å². The minimum Gasteiger partial charge on any atom is -0.494 e. The van der Waals surface area contributed by atoms with E-state index in [1.807, 2.05) is 6.92 Å². The molecule has 0 amide bonds. The fourth-order valence-corrected chi connectivity index (χ4v) is 5.31. The molecule has 1 aliphatic rings. The number of sulfonamides is 1. The summed E-state index contributed by atoms with van der Waals surface area (Å²) in [7, 11) is -2.31. The number of nitrogens with zero attached hydrogens (tertiary/aromatic N) is 1. The Morgan fingerprint density at radius 3 is 2.71 bits per heavy atom. The molecule has 0 aliphatic carbocycles. The Hall–Kier alpha value is -0.340. The molecule has 2 rings (SSSR count). The smallest absolute Gasteiger partial charge is 0.246 e. The first-order valence-electron chi connectivity index (χ1n) is 6.48. The first kappa shape index (κ1) is 17.0. The minimum atomic E-state index is -3.72. The number of aliphatic hydroxyl groups is 1. The molecule has 0 aromatic heterocycles. The third-order valence-corrected chi connectivity index (χ3v) is 6.30. The van der Waals surface area contributed by atoms with Gasteiger partial charge < -0.3 is 9.84 Å². The molecule has 0 radical (unpaired) electrons. The normalized spacial score (nSPS) is 24.0. The van der Waals surface area contributed by atoms with Gasteiger partial charge in [-0.25, -0.2) is 8.42 Å². The SMILES string of the molecule is COc1c(Br)cc(Cl)cc1S(=O)(=O)N1CCC(O)C(C)C1. The van der Waals surface area contributed by atoms with Crippen molar-refractivity contribution in [2.24, 2.45) is 5.92 Å². The van der Waals surface area contributed by atoms with Gasteiger partial charge in [0, 0.05) is 18.1 Å². The second-order valence-electron chi connectivity index (χ2n) is 5.12. The van der Waals surface area contributed by atoms with E-state index in [9.17, 15) is 13.5 Å². The van der Waals surface area contributed by atoms with Crippen LogP contribution in [0, 0.1) is 5.92 Å². The first-order valence-corrected chi connectivity index (χ1v) is 9.09. The zero-order valence-electron chi connectivity index (χ0n) is 11.7. The van der Waals surface area contributed by atoms with E-state index in [1.165, 1.54) is 17.5 Å². The van der Waals surface area contributed by atoms with Crippen LogP contribution in [0.5, 0.6) is 5.75 Å². The molecule has 0 bridgehead atoms. The highest BCUT2D eigenvalue weighted by Crippen LogP contribution is 2.37. The van der Waals surface area contributed by atoms with Crippen LogP contribution in [-0.2, 0) is 10.0 Å². The maximum Gasteiger partial charge on any atom is 0.246 e. The van der Waals surface area contributed by atoms with Crippen molar-refractivity contribution in [2.45, 2.75) is 24.3 Å². The maximum absolute atomic E-state index is 12.8. The standard InChI is InChI=1S/C13H17BrClNO4S/c1-8-7-16(4-3-11(8)17)21(18,19)12-6-9(15)5-10(14)13(12)20-2/h5-6,8,11,17H,3-4,7H2,1-2H3. The van der Waals surface area contributed by atoms with Gasteiger partial charge in [-0.05, 0) is 40.4 Å². The van der Waals surface area contributed by atoms with Gasteiger partial charge in [0.05, 0.1) is 17.7 Å². The molecular formula is C13H17BrClNO4S. The second kappa shape index (κ2) is 6.42. The topological polar surface area (TPSA) is 66.8 Å². The molecule has 2 unspecified atom stereocenters. The van der Waals surface area contributed by atoms with Crippen molar-refractivity contribution in [1.82, 2.24) is 4.31 Å². The molecule has 1 saturated heterocycles. The zero-order chi connectivity index (χ0) is 15.8. The van der Waals surface area contributed by atoms with E-state index in [-0.39, 0.29) is 29.7 Å². The third kappa shape index (κ3) is 3.37. The van der Waals surface area contributed by atoms with Crippen LogP contribution >= 0.6 is 27.5 Å². The molecule has 1 heterocycles. The van der Waals surface area contributed by atoms with E-state index in [1.54, 1.807) is 6.07 Å². The number of methoxy groups -OCH3 is 1. The monoisotopic (exact) mass is 397 g/mol. The van der Waals surface area contributed by atoms with Crippen molar-refractivity contribution in [1.29, 1.82) is 0 Å². The number of aliphatic hydroxyl groups excluding tert-OH is 1. The molecule has 118 valence electrons. The average molecular weight is 399 g/mol. The van der Waals surface area contributed by atoms with Crippen LogP contribution < -0.4 is 4.74 Å². The summed E-state index contributed by atoms with van der Waals surface area (Å²) in [4.78, 5) is 0.0352. The lowest BCUT2D eigenvalue weighted by Gasteiger charge is -2.33. The minimum absolute atomic E-state index is 0.0352. The molecule has 2 atom stereocenters. The number of hydrogen-bond acceptors (Lipinski definition) is 4. The Balaban J connectivity index is 2.45. The first-order chi connectivity index (χ1) is 9.77. The predicted octanol–water partition coefficient (Wildman–Crippen LogP) is 2.50. The number of piperidine rings is 1. The van der Waals surface area contributed by atoms with E-state index >= 15 is 0 Å². The van der Waals surface area contributed by atoms with Gasteiger partial charge in [-0.15, -0.1) is 0 Å². The summed E-state index contributed by atoms with van der Waals surface area (Å²) in [5.74, 6) is 0.125. The summed E-state index contributed by atoms with van der Waals surface area (Å²) in [6.07, 6.45) is -0.0470. The summed E-state index contributed by atoms with van der Waals surface area (Å²) in [6.45, 7) is 2.38. The highest BCUT2D eigenvalue weighted by Gasteiger charge is 2.35. The lowest BCUT2D eigenvalue weighted by molar-refractivity contribution is 0.0628. The molecule has 1 N–H and O–H groups in total. The van der Waals surface area contributed by atoms with Crippen molar-refractivity contribution in [3.63, 3.8) is 0 Å². The Kier molecular flexibility index (Phi) is 5.20. The van der Waals surface area contributed by atoms with Crippen molar-refractivity contribution < 1.29 is 18.3 Å². The number of rotatable bonds is 3. The second-order valence-corrected chi connectivity index (χ2v) is 8.31. The molecule has 21 heavy (non-hydrogen) atoms. The number of benzene rings is 1. The molecule has 0 spiro atoms. The lowest BCUT2D eigenvalue weighted by atomic mass is 9.99. The number of hydrogen-bond donors (Lipinski definition) is 1. The van der Waals surface area contributed by atoms with Crippen LogP contribution in [0.2, 0.25) is 5.02 Å². The third-order valence-electron chi connectivity index (χ3n) is 3.62. The van der Waals surface area contributed by atoms with Crippen LogP contribution in [0.4, 0.5) is 0 Å². The largest absolute Gasteiger partial charge is 0.494 e. The molecule has 5 nitrogen and oxygen atoms in total. The van der Waals surface area contributed by atoms with Gasteiger partial charge in [-0.2, -0.15) is 4.31 Å². The van der Waals surface area contributed by atoms with Crippen LogP contribution in [0.1, 0.15) is 13.3 Å². The van der Waals surface area contributed by atoms with Gasteiger partial charge in [0.15, 0.2) is 5.75 Å². The molecule has 8 heteroatoms. The van der Waals surface area contributed by atoms with Gasteiger partial charge in [-0.3, -0.25) is 0 Å². The molecule has 1 aliphatic heterocycles. The van der Waals surface area contributed by atoms with Gasteiger partial charge >= 0.3 is 0 Å². The predicted molar refractivity (Wildman–Crippen MR) is 84.3 cm³/mol. The van der Waals surface area contributed by atoms with Crippen LogP contribution in [0.15, 0.2) is 21.5 Å². The molecule has 1 fully saturated rings. The summed E-state index contributed by atoms with van der Waals surface area (Å²) in [5.41, 5.74) is 0. The quantitative estimate of drug-likeness (QED) is 0.849. The summed E-state index contributed by atoms with van der Waals surface area (Å²) < 4.78 is 32.7. The molecular weight excluding hydrogens is 382 g/mol. The van der Waals surface area contributed by atoms with Gasteiger partial charge in [0.1, 0.15) is 4.90 Å². The fourth-order valence-electron chi connectivity index (χ4n) is 2.38. The highest BCUT2D eigenvalue weighted by atomic mass is 79.9. The fraction of sp³-hybridized carbons (Fsp3) is 0.538. The maximum atomic E-state index is 12.8. The summed E-state index contributed by atoms with van der Waals surface area (Å²) >= 11 is 9.23. The summed E-state index contributed by atoms with van der Waals surface area (Å²) in [5, 5.41) is 10.1. The van der Waals surface area contributed by atoms with E-state index < -0.39 is 16.1 Å². The van der Waals surface area contributed by atoms with Crippen molar-refractivity contribution >= 4 is 37.6 Å². The molecule has 1 aromatic carbocycles. The van der Waals surface area contributed by atoms with Crippen LogP contribution in [-0.4, -0.2) is 44.1 Å². The Bertz CT molecular complexity index is 637. The van der Waals surface area contributed by atoms with E-state index in [0.717, 1.165) is 0 Å². The van der Waals surface area contributed by atoms with Crippen molar-refractivity contribution in [3.8, 4) is 5.75 Å². The Morgan fingerprint density at radius 2 is 2.14 bits per heavy atom. The van der Waals surface area contributed by atoms with E-state index in [0.29, 0.717) is 15.9 Å². The van der Waals surface area contributed by atoms with Gasteiger partial charge in [0.25, 0.3) is 0 Å². The van der Waals surface area contributed by atoms with Gasteiger partial charge in [0.2, 0.25) is 10.0 Å². The van der Waals surface area contributed by atoms with Gasteiger partial charge in [-0.1, -0.05) is 18.5 Å². The molecule has 0 saturated carbocycles. The van der Waals surface area contributed by atoms with Crippen molar-refractivity contribution in [3.05, 3.63) is 21.6 Å².